The fraction of sp³-hybridized carbons (Fsp3) is 0.111. The van der Waals surface area contributed by atoms with Crippen molar-refractivity contribution in [1.82, 2.24) is 20.3 Å². The molecule has 0 bridgehead atoms. The van der Waals surface area contributed by atoms with Crippen LogP contribution in [0.5, 0.6) is 11.5 Å². The van der Waals surface area contributed by atoms with Crippen LogP contribution in [0.1, 0.15) is 15.9 Å². The van der Waals surface area contributed by atoms with Crippen molar-refractivity contribution >= 4 is 5.91 Å². The zero-order valence-electron chi connectivity index (χ0n) is 13.2. The Hall–Kier alpha value is -3.48. The summed E-state index contributed by atoms with van der Waals surface area (Å²) in [6, 6.07) is 9.20. The smallest absolute Gasteiger partial charge is 0.254 e. The lowest BCUT2D eigenvalue weighted by molar-refractivity contribution is 0.0950. The molecule has 1 aliphatic heterocycles. The lowest BCUT2D eigenvalue weighted by atomic mass is 10.2. The minimum Gasteiger partial charge on any atom is -0.454 e. The van der Waals surface area contributed by atoms with E-state index in [0.29, 0.717) is 23.7 Å². The van der Waals surface area contributed by atoms with Gasteiger partial charge in [0.25, 0.3) is 5.91 Å². The second-order valence-corrected chi connectivity index (χ2v) is 5.40. The molecule has 7 heteroatoms. The van der Waals surface area contributed by atoms with Crippen LogP contribution in [-0.2, 0) is 6.54 Å². The minimum absolute atomic E-state index is 0.228. The van der Waals surface area contributed by atoms with Gasteiger partial charge in [-0.3, -0.25) is 9.78 Å². The average molecular weight is 334 g/mol. The van der Waals surface area contributed by atoms with Crippen LogP contribution in [0.15, 0.2) is 55.1 Å². The van der Waals surface area contributed by atoms with Crippen LogP contribution < -0.4 is 14.8 Å². The Kier molecular flexibility index (Phi) is 3.96. The zero-order valence-corrected chi connectivity index (χ0v) is 13.2. The molecule has 1 N–H and O–H groups in total. The molecule has 1 aromatic carbocycles. The predicted octanol–water partition coefficient (Wildman–Crippen LogP) is 2.20. The first-order valence-corrected chi connectivity index (χ1v) is 7.69. The van der Waals surface area contributed by atoms with Gasteiger partial charge >= 0.3 is 0 Å². The first-order valence-electron chi connectivity index (χ1n) is 7.69. The molecule has 3 heterocycles. The van der Waals surface area contributed by atoms with Gasteiger partial charge in [-0.1, -0.05) is 6.07 Å². The van der Waals surface area contributed by atoms with Crippen molar-refractivity contribution in [2.75, 3.05) is 6.79 Å². The molecule has 7 nitrogen and oxygen atoms in total. The summed E-state index contributed by atoms with van der Waals surface area (Å²) in [4.78, 5) is 24.7. The highest BCUT2D eigenvalue weighted by Gasteiger charge is 2.14. The van der Waals surface area contributed by atoms with Crippen molar-refractivity contribution < 1.29 is 14.3 Å². The van der Waals surface area contributed by atoms with E-state index < -0.39 is 0 Å². The normalized spacial score (nSPS) is 12.0. The summed E-state index contributed by atoms with van der Waals surface area (Å²) in [5.41, 5.74) is 2.17. The Balaban J connectivity index is 1.41. The number of hydrogen-bond donors (Lipinski definition) is 1. The van der Waals surface area contributed by atoms with Crippen molar-refractivity contribution in [3.63, 3.8) is 0 Å². The van der Waals surface area contributed by atoms with E-state index in [1.807, 2.05) is 30.3 Å². The summed E-state index contributed by atoms with van der Waals surface area (Å²) < 4.78 is 10.6. The summed E-state index contributed by atoms with van der Waals surface area (Å²) in [6.07, 6.45) is 6.37. The average Bonchev–Trinajstić information content (AvgIpc) is 3.15. The third-order valence-corrected chi connectivity index (χ3v) is 3.74. The number of benzene rings is 1. The first-order chi connectivity index (χ1) is 12.3. The van der Waals surface area contributed by atoms with Gasteiger partial charge in [0.2, 0.25) is 6.79 Å². The SMILES string of the molecule is O=C(NCc1ccc2c(c1)OCO2)c1cnc(-c2ccncc2)nc1. The molecule has 0 aliphatic carbocycles. The van der Waals surface area contributed by atoms with Gasteiger partial charge < -0.3 is 14.8 Å². The topological polar surface area (TPSA) is 86.2 Å². The van der Waals surface area contributed by atoms with Crippen LogP contribution in [0.4, 0.5) is 0 Å². The lowest BCUT2D eigenvalue weighted by Gasteiger charge is -2.06. The molecule has 0 spiro atoms. The number of amides is 1. The predicted molar refractivity (Wildman–Crippen MR) is 89.0 cm³/mol. The molecule has 4 rings (SSSR count). The number of aromatic nitrogens is 3. The monoisotopic (exact) mass is 334 g/mol. The number of carbonyl (C=O) groups excluding carboxylic acids is 1. The third kappa shape index (κ3) is 3.25. The van der Waals surface area contributed by atoms with Gasteiger partial charge in [-0.25, -0.2) is 9.97 Å². The van der Waals surface area contributed by atoms with Gasteiger partial charge in [0.05, 0.1) is 5.56 Å². The quantitative estimate of drug-likeness (QED) is 0.787. The summed E-state index contributed by atoms with van der Waals surface area (Å²) in [5.74, 6) is 1.72. The molecule has 2 aromatic heterocycles. The zero-order chi connectivity index (χ0) is 17.1. The van der Waals surface area contributed by atoms with Crippen LogP contribution in [0.25, 0.3) is 11.4 Å². The van der Waals surface area contributed by atoms with Crippen molar-refractivity contribution in [3.8, 4) is 22.9 Å². The highest BCUT2D eigenvalue weighted by Crippen LogP contribution is 2.32. The van der Waals surface area contributed by atoms with Crippen LogP contribution in [-0.4, -0.2) is 27.7 Å². The number of nitrogens with one attached hydrogen (secondary N) is 1. The Morgan fingerprint density at radius 2 is 1.80 bits per heavy atom. The number of ether oxygens (including phenoxy) is 2. The van der Waals surface area contributed by atoms with E-state index in [0.717, 1.165) is 16.9 Å². The second-order valence-electron chi connectivity index (χ2n) is 5.40. The summed E-state index contributed by atoms with van der Waals surface area (Å²) in [7, 11) is 0. The maximum absolute atomic E-state index is 12.2. The fourth-order valence-electron chi connectivity index (χ4n) is 2.43. The maximum Gasteiger partial charge on any atom is 0.254 e. The van der Waals surface area contributed by atoms with E-state index in [4.69, 9.17) is 9.47 Å². The van der Waals surface area contributed by atoms with Crippen LogP contribution >= 0.6 is 0 Å². The van der Waals surface area contributed by atoms with E-state index in [1.54, 1.807) is 12.4 Å². The lowest BCUT2D eigenvalue weighted by Crippen LogP contribution is -2.23. The molecule has 0 fully saturated rings. The van der Waals surface area contributed by atoms with Gasteiger partial charge in [0, 0.05) is 36.9 Å². The number of nitrogens with zero attached hydrogens (tertiary/aromatic N) is 3. The number of fused-ring (bicyclic) bond motifs is 1. The molecule has 0 saturated heterocycles. The van der Waals surface area contributed by atoms with Crippen molar-refractivity contribution in [2.45, 2.75) is 6.54 Å². The fourth-order valence-corrected chi connectivity index (χ4v) is 2.43. The molecule has 3 aromatic rings. The first kappa shape index (κ1) is 15.1. The molecule has 0 atom stereocenters. The van der Waals surface area contributed by atoms with Crippen molar-refractivity contribution in [2.24, 2.45) is 0 Å². The number of rotatable bonds is 4. The van der Waals surface area contributed by atoms with E-state index in [1.165, 1.54) is 12.4 Å². The standard InChI is InChI=1S/C18H14N4O3/c23-18(22-8-12-1-2-15-16(7-12)25-11-24-15)14-9-20-17(21-10-14)13-3-5-19-6-4-13/h1-7,9-10H,8,11H2,(H,22,23). The molecule has 0 radical (unpaired) electrons. The van der Waals surface area contributed by atoms with Gasteiger partial charge in [-0.15, -0.1) is 0 Å². The number of hydrogen-bond acceptors (Lipinski definition) is 6. The van der Waals surface area contributed by atoms with E-state index in [2.05, 4.69) is 20.3 Å². The van der Waals surface area contributed by atoms with Crippen LogP contribution in [0, 0.1) is 0 Å². The van der Waals surface area contributed by atoms with Crippen molar-refractivity contribution in [1.29, 1.82) is 0 Å². The van der Waals surface area contributed by atoms with Gasteiger partial charge in [-0.2, -0.15) is 0 Å². The van der Waals surface area contributed by atoms with E-state index in [9.17, 15) is 4.79 Å². The molecule has 0 saturated carbocycles. The summed E-state index contributed by atoms with van der Waals surface area (Å²) >= 11 is 0. The molecule has 1 amide bonds. The van der Waals surface area contributed by atoms with E-state index in [-0.39, 0.29) is 12.7 Å². The van der Waals surface area contributed by atoms with Gasteiger partial charge in [0.15, 0.2) is 17.3 Å². The summed E-state index contributed by atoms with van der Waals surface area (Å²) in [6.45, 7) is 0.605. The highest BCUT2D eigenvalue weighted by atomic mass is 16.7. The molecule has 1 aliphatic rings. The molecule has 124 valence electrons. The summed E-state index contributed by atoms with van der Waals surface area (Å²) in [5, 5.41) is 2.84. The maximum atomic E-state index is 12.2. The van der Waals surface area contributed by atoms with E-state index >= 15 is 0 Å². The van der Waals surface area contributed by atoms with Gasteiger partial charge in [-0.05, 0) is 29.8 Å². The molecule has 25 heavy (non-hydrogen) atoms. The Bertz CT molecular complexity index is 898. The second kappa shape index (κ2) is 6.56. The highest BCUT2D eigenvalue weighted by molar-refractivity contribution is 5.93. The number of pyridine rings is 1. The molecular weight excluding hydrogens is 320 g/mol. The minimum atomic E-state index is -0.237. The number of carbonyl (C=O) groups is 1. The van der Waals surface area contributed by atoms with Crippen LogP contribution in [0.3, 0.4) is 0 Å². The van der Waals surface area contributed by atoms with Crippen LogP contribution in [0.2, 0.25) is 0 Å². The third-order valence-electron chi connectivity index (χ3n) is 3.74. The largest absolute Gasteiger partial charge is 0.454 e. The molecular formula is C18H14N4O3. The Labute approximate surface area is 143 Å². The van der Waals surface area contributed by atoms with Crippen molar-refractivity contribution in [3.05, 3.63) is 66.2 Å². The molecule has 0 unspecified atom stereocenters. The Morgan fingerprint density at radius 3 is 2.60 bits per heavy atom. The van der Waals surface area contributed by atoms with Gasteiger partial charge in [0.1, 0.15) is 0 Å². The Morgan fingerprint density at radius 1 is 1.04 bits per heavy atom.